The van der Waals surface area contributed by atoms with E-state index in [-0.39, 0.29) is 24.5 Å². The van der Waals surface area contributed by atoms with E-state index in [1.165, 1.54) is 6.07 Å². The van der Waals surface area contributed by atoms with Crippen LogP contribution in [-0.2, 0) is 11.3 Å². The molecule has 31 heavy (non-hydrogen) atoms. The molecule has 1 atom stereocenters. The van der Waals surface area contributed by atoms with Gasteiger partial charge in [0.1, 0.15) is 5.75 Å². The van der Waals surface area contributed by atoms with Crippen molar-refractivity contribution in [2.45, 2.75) is 19.5 Å². The second-order valence-electron chi connectivity index (χ2n) is 7.30. The highest BCUT2D eigenvalue weighted by Gasteiger charge is 2.26. The summed E-state index contributed by atoms with van der Waals surface area (Å²) in [7, 11) is 0. The zero-order valence-corrected chi connectivity index (χ0v) is 18.3. The van der Waals surface area contributed by atoms with E-state index in [2.05, 4.69) is 5.32 Å². The van der Waals surface area contributed by atoms with E-state index >= 15 is 0 Å². The smallest absolute Gasteiger partial charge is 0.261 e. The summed E-state index contributed by atoms with van der Waals surface area (Å²) in [4.78, 5) is 27.1. The van der Waals surface area contributed by atoms with Gasteiger partial charge in [0.25, 0.3) is 11.8 Å². The first-order valence-electron chi connectivity index (χ1n) is 9.79. The predicted octanol–water partition coefficient (Wildman–Crippen LogP) is 5.73. The van der Waals surface area contributed by atoms with Crippen LogP contribution in [0.4, 0.5) is 5.69 Å². The average Bonchev–Trinajstić information content (AvgIpc) is 2.94. The third-order valence-electron chi connectivity index (χ3n) is 5.26. The maximum Gasteiger partial charge on any atom is 0.261 e. The Balaban J connectivity index is 1.56. The number of anilines is 1. The van der Waals surface area contributed by atoms with Crippen LogP contribution in [0.3, 0.4) is 0 Å². The lowest BCUT2D eigenvalue weighted by Crippen LogP contribution is -2.34. The number of hydrogen-bond donors (Lipinski definition) is 1. The molecule has 0 saturated carbocycles. The van der Waals surface area contributed by atoms with Crippen LogP contribution in [0.1, 0.15) is 34.5 Å². The van der Waals surface area contributed by atoms with Gasteiger partial charge in [-0.2, -0.15) is 0 Å². The number of ether oxygens (including phenoxy) is 1. The van der Waals surface area contributed by atoms with Gasteiger partial charge < -0.3 is 15.0 Å². The van der Waals surface area contributed by atoms with Gasteiger partial charge in [-0.25, -0.2) is 0 Å². The molecule has 5 nitrogen and oxygen atoms in total. The Labute approximate surface area is 190 Å². The molecule has 1 unspecified atom stereocenters. The Morgan fingerprint density at radius 3 is 2.55 bits per heavy atom. The first-order chi connectivity index (χ1) is 14.9. The fourth-order valence-corrected chi connectivity index (χ4v) is 3.82. The fraction of sp³-hybridized carbons (Fsp3) is 0.167. The summed E-state index contributed by atoms with van der Waals surface area (Å²) in [6.07, 6.45) is 0. The number of hydrogen-bond acceptors (Lipinski definition) is 3. The topological polar surface area (TPSA) is 58.6 Å². The second-order valence-corrected chi connectivity index (χ2v) is 8.12. The van der Waals surface area contributed by atoms with Crippen molar-refractivity contribution in [1.82, 2.24) is 4.90 Å². The lowest BCUT2D eigenvalue weighted by Gasteiger charge is -2.28. The SMILES string of the molecule is CC(c1ccccc1)N1Cc2cc(NC(=O)c3ccc(Cl)c(Cl)c3)ccc2OCC1=O. The summed E-state index contributed by atoms with van der Waals surface area (Å²) in [5, 5.41) is 3.56. The molecule has 1 aliphatic rings. The molecular weight excluding hydrogens is 435 g/mol. The van der Waals surface area contributed by atoms with Crippen molar-refractivity contribution < 1.29 is 14.3 Å². The van der Waals surface area contributed by atoms with Crippen LogP contribution in [-0.4, -0.2) is 23.3 Å². The molecule has 0 spiro atoms. The molecule has 0 saturated heterocycles. The molecule has 7 heteroatoms. The van der Waals surface area contributed by atoms with Gasteiger partial charge in [-0.05, 0) is 48.9 Å². The highest BCUT2D eigenvalue weighted by molar-refractivity contribution is 6.42. The second kappa shape index (κ2) is 9.00. The molecule has 4 rings (SSSR count). The van der Waals surface area contributed by atoms with Gasteiger partial charge >= 0.3 is 0 Å². The first-order valence-corrected chi connectivity index (χ1v) is 10.5. The first kappa shape index (κ1) is 21.2. The molecule has 0 bridgehead atoms. The number of benzene rings is 3. The Morgan fingerprint density at radius 2 is 1.81 bits per heavy atom. The van der Waals surface area contributed by atoms with E-state index in [1.807, 2.05) is 43.3 Å². The zero-order valence-electron chi connectivity index (χ0n) is 16.8. The van der Waals surface area contributed by atoms with Gasteiger partial charge in [-0.1, -0.05) is 53.5 Å². The maximum atomic E-state index is 12.7. The average molecular weight is 455 g/mol. The number of fused-ring (bicyclic) bond motifs is 1. The van der Waals surface area contributed by atoms with Crippen molar-refractivity contribution in [3.05, 3.63) is 93.5 Å². The fourth-order valence-electron chi connectivity index (χ4n) is 3.52. The maximum absolute atomic E-state index is 12.7. The summed E-state index contributed by atoms with van der Waals surface area (Å²) >= 11 is 11.9. The van der Waals surface area contributed by atoms with Crippen LogP contribution in [0, 0.1) is 0 Å². The van der Waals surface area contributed by atoms with Crippen molar-refractivity contribution in [3.8, 4) is 5.75 Å². The van der Waals surface area contributed by atoms with Crippen LogP contribution >= 0.6 is 23.2 Å². The predicted molar refractivity (Wildman–Crippen MR) is 122 cm³/mol. The largest absolute Gasteiger partial charge is 0.483 e. The number of nitrogens with one attached hydrogen (secondary N) is 1. The zero-order chi connectivity index (χ0) is 22.0. The van der Waals surface area contributed by atoms with Gasteiger partial charge in [0.2, 0.25) is 0 Å². The van der Waals surface area contributed by atoms with Gasteiger partial charge in [-0.15, -0.1) is 0 Å². The molecule has 3 aromatic rings. The van der Waals surface area contributed by atoms with E-state index < -0.39 is 0 Å². The quantitative estimate of drug-likeness (QED) is 0.547. The van der Waals surface area contributed by atoms with Gasteiger partial charge in [0.15, 0.2) is 6.61 Å². The molecule has 0 aliphatic carbocycles. The minimum Gasteiger partial charge on any atom is -0.483 e. The van der Waals surface area contributed by atoms with Crippen molar-refractivity contribution >= 4 is 40.7 Å². The highest BCUT2D eigenvalue weighted by Crippen LogP contribution is 2.31. The van der Waals surface area contributed by atoms with Crippen LogP contribution < -0.4 is 10.1 Å². The highest BCUT2D eigenvalue weighted by atomic mass is 35.5. The Bertz CT molecular complexity index is 1130. The molecular formula is C24H20Cl2N2O3. The number of carbonyl (C=O) groups is 2. The van der Waals surface area contributed by atoms with Crippen LogP contribution in [0.5, 0.6) is 5.75 Å². The minimum atomic E-state index is -0.307. The van der Waals surface area contributed by atoms with Crippen LogP contribution in [0.25, 0.3) is 0 Å². The third kappa shape index (κ3) is 4.68. The lowest BCUT2D eigenvalue weighted by molar-refractivity contribution is -0.135. The van der Waals surface area contributed by atoms with Gasteiger partial charge in [0, 0.05) is 16.8 Å². The molecule has 2 amide bonds. The summed E-state index contributed by atoms with van der Waals surface area (Å²) < 4.78 is 5.71. The monoisotopic (exact) mass is 454 g/mol. The summed E-state index contributed by atoms with van der Waals surface area (Å²) in [5.74, 6) is 0.233. The molecule has 0 radical (unpaired) electrons. The third-order valence-corrected chi connectivity index (χ3v) is 6.00. The summed E-state index contributed by atoms with van der Waals surface area (Å²) in [5.41, 5.74) is 2.86. The van der Waals surface area contributed by atoms with E-state index in [9.17, 15) is 9.59 Å². The number of halogens is 2. The number of amides is 2. The van der Waals surface area contributed by atoms with E-state index in [4.69, 9.17) is 27.9 Å². The van der Waals surface area contributed by atoms with Crippen molar-refractivity contribution in [1.29, 1.82) is 0 Å². The minimum absolute atomic E-state index is 0.0286. The number of nitrogens with zero attached hydrogens (tertiary/aromatic N) is 1. The molecule has 158 valence electrons. The number of carbonyl (C=O) groups excluding carboxylic acids is 2. The van der Waals surface area contributed by atoms with Crippen LogP contribution in [0.15, 0.2) is 66.7 Å². The molecule has 0 fully saturated rings. The molecule has 3 aromatic carbocycles. The summed E-state index contributed by atoms with van der Waals surface area (Å²) in [6.45, 7) is 2.34. The molecule has 1 aliphatic heterocycles. The van der Waals surface area contributed by atoms with Gasteiger partial charge in [-0.3, -0.25) is 9.59 Å². The Kier molecular flexibility index (Phi) is 6.16. The summed E-state index contributed by atoms with van der Waals surface area (Å²) in [6, 6.07) is 19.8. The van der Waals surface area contributed by atoms with Crippen molar-refractivity contribution in [2.24, 2.45) is 0 Å². The molecule has 0 aromatic heterocycles. The molecule has 1 N–H and O–H groups in total. The van der Waals surface area contributed by atoms with Crippen molar-refractivity contribution in [2.75, 3.05) is 11.9 Å². The number of rotatable bonds is 4. The van der Waals surface area contributed by atoms with Crippen molar-refractivity contribution in [3.63, 3.8) is 0 Å². The Hall–Kier alpha value is -3.02. The Morgan fingerprint density at radius 1 is 1.03 bits per heavy atom. The van der Waals surface area contributed by atoms with E-state index in [0.717, 1.165) is 11.1 Å². The lowest BCUT2D eigenvalue weighted by atomic mass is 10.1. The van der Waals surface area contributed by atoms with E-state index in [0.29, 0.717) is 33.6 Å². The van der Waals surface area contributed by atoms with Gasteiger partial charge in [0.05, 0.1) is 22.6 Å². The van der Waals surface area contributed by atoms with E-state index in [1.54, 1.807) is 29.2 Å². The molecule has 1 heterocycles. The standard InChI is InChI=1S/C24H20Cl2N2O3/c1-15(16-5-3-2-4-6-16)28-13-18-11-19(8-10-22(18)31-14-23(28)29)27-24(30)17-7-9-20(25)21(26)12-17/h2-12,15H,13-14H2,1H3,(H,27,30). The normalized spacial score (nSPS) is 14.3. The van der Waals surface area contributed by atoms with Crippen LogP contribution in [0.2, 0.25) is 10.0 Å².